The smallest absolute Gasteiger partial charge is 0.258 e. The van der Waals surface area contributed by atoms with Crippen LogP contribution in [-0.4, -0.2) is 50.1 Å². The van der Waals surface area contributed by atoms with E-state index in [4.69, 9.17) is 16.6 Å². The van der Waals surface area contributed by atoms with Gasteiger partial charge in [0.05, 0.1) is 21.6 Å². The Hall–Kier alpha value is -3.16. The second-order valence-corrected chi connectivity index (χ2v) is 9.42. The average Bonchev–Trinajstić information content (AvgIpc) is 3.27. The molecule has 5 rings (SSSR count). The highest BCUT2D eigenvalue weighted by Gasteiger charge is 2.19. The minimum Gasteiger partial charge on any atom is -0.381 e. The van der Waals surface area contributed by atoms with Gasteiger partial charge in [0.1, 0.15) is 11.6 Å². The van der Waals surface area contributed by atoms with E-state index in [1.54, 1.807) is 6.07 Å². The molecule has 0 aliphatic carbocycles. The summed E-state index contributed by atoms with van der Waals surface area (Å²) in [5, 5.41) is 4.62. The molecule has 34 heavy (non-hydrogen) atoms. The summed E-state index contributed by atoms with van der Waals surface area (Å²) in [4.78, 5) is 27.4. The van der Waals surface area contributed by atoms with Crippen molar-refractivity contribution in [1.82, 2.24) is 24.4 Å². The molecule has 4 heterocycles. The van der Waals surface area contributed by atoms with Crippen LogP contribution in [0.5, 0.6) is 0 Å². The first-order valence-corrected chi connectivity index (χ1v) is 12.2. The van der Waals surface area contributed by atoms with E-state index >= 15 is 0 Å². The molecule has 1 saturated heterocycles. The van der Waals surface area contributed by atoms with Crippen LogP contribution in [0.3, 0.4) is 0 Å². The Labute approximate surface area is 203 Å². The number of piperidine rings is 1. The number of likely N-dealkylation sites (tertiary alicyclic amines) is 1. The van der Waals surface area contributed by atoms with Crippen LogP contribution < -0.4 is 10.9 Å². The fraction of sp³-hybridized carbons (Fsp3) is 0.346. The molecule has 0 bridgehead atoms. The monoisotopic (exact) mass is 476 g/mol. The molecule has 0 amide bonds. The van der Waals surface area contributed by atoms with Crippen molar-refractivity contribution in [3.05, 3.63) is 81.3 Å². The van der Waals surface area contributed by atoms with E-state index in [9.17, 15) is 4.79 Å². The lowest BCUT2D eigenvalue weighted by molar-refractivity contribution is 0.229. The molecule has 1 aliphatic rings. The third-order valence-electron chi connectivity index (χ3n) is 6.52. The molecule has 4 aromatic rings. The minimum absolute atomic E-state index is 0.183. The Morgan fingerprint density at radius 1 is 1.21 bits per heavy atom. The van der Waals surface area contributed by atoms with Crippen molar-refractivity contribution < 1.29 is 0 Å². The van der Waals surface area contributed by atoms with E-state index in [0.717, 1.165) is 49.5 Å². The van der Waals surface area contributed by atoms with E-state index < -0.39 is 0 Å². The summed E-state index contributed by atoms with van der Waals surface area (Å²) >= 11 is 6.52. The first kappa shape index (κ1) is 22.6. The van der Waals surface area contributed by atoms with Gasteiger partial charge in [-0.05, 0) is 61.7 Å². The second kappa shape index (κ2) is 9.60. The highest BCUT2D eigenvalue weighted by molar-refractivity contribution is 6.34. The molecule has 176 valence electrons. The van der Waals surface area contributed by atoms with Crippen molar-refractivity contribution in [2.45, 2.75) is 39.2 Å². The number of halogens is 1. The summed E-state index contributed by atoms with van der Waals surface area (Å²) in [5.41, 5.74) is 3.46. The van der Waals surface area contributed by atoms with Gasteiger partial charge in [-0.15, -0.1) is 0 Å². The Bertz CT molecular complexity index is 1350. The molecule has 1 fully saturated rings. The van der Waals surface area contributed by atoms with Crippen LogP contribution in [0.4, 0.5) is 5.69 Å². The molecule has 0 spiro atoms. The van der Waals surface area contributed by atoms with Crippen molar-refractivity contribution in [1.29, 1.82) is 0 Å². The lowest BCUT2D eigenvalue weighted by Crippen LogP contribution is -2.38. The summed E-state index contributed by atoms with van der Waals surface area (Å²) in [5.74, 6) is 1.46. The first-order valence-electron chi connectivity index (χ1n) is 11.8. The molecule has 3 aromatic heterocycles. The predicted molar refractivity (Wildman–Crippen MR) is 137 cm³/mol. The second-order valence-electron chi connectivity index (χ2n) is 9.01. The number of anilines is 1. The van der Waals surface area contributed by atoms with Crippen LogP contribution in [0.2, 0.25) is 5.02 Å². The van der Waals surface area contributed by atoms with Gasteiger partial charge in [0, 0.05) is 44.1 Å². The number of H-pyrrole nitrogens is 1. The molecule has 0 radical (unpaired) electrons. The van der Waals surface area contributed by atoms with Gasteiger partial charge >= 0.3 is 0 Å². The predicted octanol–water partition coefficient (Wildman–Crippen LogP) is 4.56. The summed E-state index contributed by atoms with van der Waals surface area (Å²) in [7, 11) is 0. The lowest BCUT2D eigenvalue weighted by Gasteiger charge is -2.32. The normalized spacial score (nSPS) is 15.1. The van der Waals surface area contributed by atoms with Gasteiger partial charge in [0.2, 0.25) is 0 Å². The molecule has 0 atom stereocenters. The maximum atomic E-state index is 12.8. The van der Waals surface area contributed by atoms with Gasteiger partial charge in [0.25, 0.3) is 5.56 Å². The van der Waals surface area contributed by atoms with Crippen LogP contribution >= 0.6 is 11.6 Å². The van der Waals surface area contributed by atoms with Crippen molar-refractivity contribution >= 4 is 28.2 Å². The lowest BCUT2D eigenvalue weighted by atomic mass is 10.0. The number of aromatic nitrogens is 4. The number of aromatic amines is 1. The molecular weight excluding hydrogens is 448 g/mol. The number of hydrogen-bond donors (Lipinski definition) is 2. The maximum absolute atomic E-state index is 12.8. The highest BCUT2D eigenvalue weighted by Crippen LogP contribution is 2.28. The Balaban J connectivity index is 1.36. The van der Waals surface area contributed by atoms with Gasteiger partial charge in [-0.3, -0.25) is 4.79 Å². The summed E-state index contributed by atoms with van der Waals surface area (Å²) in [6, 6.07) is 10.0. The summed E-state index contributed by atoms with van der Waals surface area (Å²) < 4.78 is 1.99. The molecule has 2 N–H and O–H groups in total. The molecular formula is C26H29ClN6O. The number of nitrogens with one attached hydrogen (secondary N) is 2. The molecule has 0 saturated carbocycles. The number of rotatable bonds is 6. The van der Waals surface area contributed by atoms with Crippen LogP contribution in [0.15, 0.2) is 53.7 Å². The summed E-state index contributed by atoms with van der Waals surface area (Å²) in [6.07, 6.45) is 8.48. The van der Waals surface area contributed by atoms with Gasteiger partial charge < -0.3 is 19.8 Å². The zero-order valence-electron chi connectivity index (χ0n) is 19.5. The van der Waals surface area contributed by atoms with Crippen LogP contribution in [0.25, 0.3) is 16.7 Å². The summed E-state index contributed by atoms with van der Waals surface area (Å²) in [6.45, 7) is 7.50. The van der Waals surface area contributed by atoms with Crippen LogP contribution in [0.1, 0.15) is 36.7 Å². The Morgan fingerprint density at radius 3 is 2.71 bits per heavy atom. The number of fused-ring (bicyclic) bond motifs is 1. The average molecular weight is 477 g/mol. The number of pyridine rings is 1. The number of benzene rings is 1. The zero-order chi connectivity index (χ0) is 23.7. The molecule has 1 aliphatic heterocycles. The SMILES string of the molecule is CCN1CCC(Nc2cc3nc(Cc4ccc(-n5ccc(C)c5)nc4)[nH]c(=O)c3cc2Cl)CC1. The van der Waals surface area contributed by atoms with Crippen LogP contribution in [0, 0.1) is 6.92 Å². The van der Waals surface area contributed by atoms with Gasteiger partial charge in [0.15, 0.2) is 0 Å². The zero-order valence-corrected chi connectivity index (χ0v) is 20.3. The Morgan fingerprint density at radius 2 is 2.03 bits per heavy atom. The molecule has 8 heteroatoms. The molecule has 0 unspecified atom stereocenters. The van der Waals surface area contributed by atoms with E-state index in [1.807, 2.05) is 47.4 Å². The van der Waals surface area contributed by atoms with Gasteiger partial charge in [-0.1, -0.05) is 24.6 Å². The first-order chi connectivity index (χ1) is 16.5. The quantitative estimate of drug-likeness (QED) is 0.426. The van der Waals surface area contributed by atoms with Crippen molar-refractivity contribution in [2.75, 3.05) is 25.0 Å². The fourth-order valence-electron chi connectivity index (χ4n) is 4.53. The fourth-order valence-corrected chi connectivity index (χ4v) is 4.75. The number of nitrogens with zero attached hydrogens (tertiary/aromatic N) is 4. The van der Waals surface area contributed by atoms with Crippen molar-refractivity contribution in [3.63, 3.8) is 0 Å². The van der Waals surface area contributed by atoms with E-state index in [2.05, 4.69) is 34.0 Å². The van der Waals surface area contributed by atoms with Crippen molar-refractivity contribution in [3.8, 4) is 5.82 Å². The van der Waals surface area contributed by atoms with E-state index in [0.29, 0.717) is 34.2 Å². The van der Waals surface area contributed by atoms with Crippen LogP contribution in [-0.2, 0) is 6.42 Å². The van der Waals surface area contributed by atoms with Gasteiger partial charge in [-0.2, -0.15) is 0 Å². The number of aryl methyl sites for hydroxylation is 1. The third-order valence-corrected chi connectivity index (χ3v) is 6.84. The van der Waals surface area contributed by atoms with E-state index in [-0.39, 0.29) is 5.56 Å². The maximum Gasteiger partial charge on any atom is 0.258 e. The minimum atomic E-state index is -0.183. The number of hydrogen-bond acceptors (Lipinski definition) is 5. The third kappa shape index (κ3) is 4.86. The largest absolute Gasteiger partial charge is 0.381 e. The van der Waals surface area contributed by atoms with E-state index in [1.165, 1.54) is 5.56 Å². The topological polar surface area (TPSA) is 78.8 Å². The Kier molecular flexibility index (Phi) is 6.39. The molecule has 7 nitrogen and oxygen atoms in total. The molecule has 1 aromatic carbocycles. The standard InChI is InChI=1S/C26H29ClN6O/c1-3-32-9-7-19(8-10-32)29-23-14-22-20(13-21(23)27)26(34)31-24(30-22)12-18-4-5-25(28-15-18)33-11-6-17(2)16-33/h4-6,11,13-16,19,29H,3,7-10,12H2,1-2H3,(H,30,31,34). The van der Waals surface area contributed by atoms with Crippen molar-refractivity contribution in [2.24, 2.45) is 0 Å². The highest BCUT2D eigenvalue weighted by atomic mass is 35.5. The van der Waals surface area contributed by atoms with Gasteiger partial charge in [-0.25, -0.2) is 9.97 Å².